The Hall–Kier alpha value is -2.34. The SMILES string of the molecule is O=C(Cc1c[nH]c2ccccc12)NC1COCC1C(=O)O. The van der Waals surface area contributed by atoms with Crippen molar-refractivity contribution in [1.29, 1.82) is 0 Å². The number of ether oxygens (including phenoxy) is 1. The molecule has 2 heterocycles. The molecule has 1 aliphatic rings. The molecule has 0 radical (unpaired) electrons. The zero-order valence-electron chi connectivity index (χ0n) is 11.3. The van der Waals surface area contributed by atoms with E-state index in [0.717, 1.165) is 16.5 Å². The first-order chi connectivity index (χ1) is 10.1. The van der Waals surface area contributed by atoms with Crippen molar-refractivity contribution < 1.29 is 19.4 Å². The summed E-state index contributed by atoms with van der Waals surface area (Å²) >= 11 is 0. The molecule has 6 heteroatoms. The number of carbonyl (C=O) groups is 2. The lowest BCUT2D eigenvalue weighted by Crippen LogP contribution is -2.43. The monoisotopic (exact) mass is 288 g/mol. The molecule has 2 atom stereocenters. The summed E-state index contributed by atoms with van der Waals surface area (Å²) in [7, 11) is 0. The second-order valence-electron chi connectivity index (χ2n) is 5.19. The Morgan fingerprint density at radius 2 is 2.14 bits per heavy atom. The van der Waals surface area contributed by atoms with Crippen molar-refractivity contribution >= 4 is 22.8 Å². The number of aliphatic carboxylic acids is 1. The smallest absolute Gasteiger partial charge is 0.311 e. The van der Waals surface area contributed by atoms with Gasteiger partial charge in [-0.3, -0.25) is 9.59 Å². The van der Waals surface area contributed by atoms with Gasteiger partial charge in [0, 0.05) is 17.1 Å². The van der Waals surface area contributed by atoms with Gasteiger partial charge >= 0.3 is 5.97 Å². The van der Waals surface area contributed by atoms with Crippen molar-refractivity contribution in [3.8, 4) is 0 Å². The maximum absolute atomic E-state index is 12.1. The van der Waals surface area contributed by atoms with Crippen LogP contribution in [0.1, 0.15) is 5.56 Å². The van der Waals surface area contributed by atoms with Crippen LogP contribution in [-0.4, -0.2) is 41.2 Å². The molecule has 1 aromatic heterocycles. The lowest BCUT2D eigenvalue weighted by atomic mass is 10.0. The molecule has 0 aliphatic carbocycles. The van der Waals surface area contributed by atoms with Gasteiger partial charge in [0.25, 0.3) is 0 Å². The molecule has 0 bridgehead atoms. The summed E-state index contributed by atoms with van der Waals surface area (Å²) in [6, 6.07) is 7.29. The Bertz CT molecular complexity index is 679. The van der Waals surface area contributed by atoms with E-state index in [9.17, 15) is 9.59 Å². The summed E-state index contributed by atoms with van der Waals surface area (Å²) in [6.07, 6.45) is 2.02. The van der Waals surface area contributed by atoms with E-state index < -0.39 is 17.9 Å². The molecule has 1 aromatic carbocycles. The van der Waals surface area contributed by atoms with Crippen LogP contribution in [0.25, 0.3) is 10.9 Å². The van der Waals surface area contributed by atoms with Crippen molar-refractivity contribution in [3.63, 3.8) is 0 Å². The van der Waals surface area contributed by atoms with Crippen LogP contribution in [0.2, 0.25) is 0 Å². The highest BCUT2D eigenvalue weighted by Crippen LogP contribution is 2.19. The second kappa shape index (κ2) is 5.57. The molecule has 1 amide bonds. The first kappa shape index (κ1) is 13.6. The van der Waals surface area contributed by atoms with Crippen LogP contribution in [0, 0.1) is 5.92 Å². The van der Waals surface area contributed by atoms with E-state index in [-0.39, 0.29) is 25.5 Å². The molecule has 2 aromatic rings. The molecule has 0 saturated carbocycles. The molecular weight excluding hydrogens is 272 g/mol. The maximum atomic E-state index is 12.1. The Kier molecular flexibility index (Phi) is 3.62. The van der Waals surface area contributed by atoms with Gasteiger partial charge in [0.1, 0.15) is 5.92 Å². The molecule has 0 spiro atoms. The minimum atomic E-state index is -0.940. The van der Waals surface area contributed by atoms with Crippen LogP contribution in [0.15, 0.2) is 30.5 Å². The van der Waals surface area contributed by atoms with Crippen molar-refractivity contribution in [3.05, 3.63) is 36.0 Å². The van der Waals surface area contributed by atoms with Crippen molar-refractivity contribution in [2.45, 2.75) is 12.5 Å². The number of carboxylic acids is 1. The Morgan fingerprint density at radius 3 is 2.95 bits per heavy atom. The number of amides is 1. The summed E-state index contributed by atoms with van der Waals surface area (Å²) in [6.45, 7) is 0.393. The van der Waals surface area contributed by atoms with Gasteiger partial charge in [-0.1, -0.05) is 18.2 Å². The molecule has 6 nitrogen and oxygen atoms in total. The van der Waals surface area contributed by atoms with Crippen LogP contribution in [0.4, 0.5) is 0 Å². The molecule has 21 heavy (non-hydrogen) atoms. The molecule has 1 fully saturated rings. The highest BCUT2D eigenvalue weighted by Gasteiger charge is 2.35. The number of carboxylic acid groups (broad SMARTS) is 1. The highest BCUT2D eigenvalue weighted by molar-refractivity contribution is 5.89. The molecule has 3 rings (SSSR count). The Labute approximate surface area is 121 Å². The van der Waals surface area contributed by atoms with Crippen molar-refractivity contribution in [1.82, 2.24) is 10.3 Å². The van der Waals surface area contributed by atoms with Crippen molar-refractivity contribution in [2.24, 2.45) is 5.92 Å². The number of carbonyl (C=O) groups excluding carboxylic acids is 1. The summed E-state index contributed by atoms with van der Waals surface area (Å²) < 4.78 is 5.14. The van der Waals surface area contributed by atoms with Crippen LogP contribution < -0.4 is 5.32 Å². The van der Waals surface area contributed by atoms with Crippen LogP contribution >= 0.6 is 0 Å². The standard InChI is InChI=1S/C15H16N2O4/c18-14(17-13-8-21-7-11(13)15(19)20)5-9-6-16-12-4-2-1-3-10(9)12/h1-4,6,11,13,16H,5,7-8H2,(H,17,18)(H,19,20). The third kappa shape index (κ3) is 2.75. The predicted molar refractivity (Wildman–Crippen MR) is 75.9 cm³/mol. The fourth-order valence-electron chi connectivity index (χ4n) is 2.65. The van der Waals surface area contributed by atoms with Gasteiger partial charge in [-0.15, -0.1) is 0 Å². The second-order valence-corrected chi connectivity index (χ2v) is 5.19. The van der Waals surface area contributed by atoms with Crippen LogP contribution in [-0.2, 0) is 20.7 Å². The molecule has 110 valence electrons. The number of hydrogen-bond donors (Lipinski definition) is 3. The molecular formula is C15H16N2O4. The summed E-state index contributed by atoms with van der Waals surface area (Å²) in [4.78, 5) is 26.3. The first-order valence-corrected chi connectivity index (χ1v) is 6.80. The van der Waals surface area contributed by atoms with Gasteiger partial charge in [0.2, 0.25) is 5.91 Å². The quantitative estimate of drug-likeness (QED) is 0.780. The number of nitrogens with one attached hydrogen (secondary N) is 2. The lowest BCUT2D eigenvalue weighted by molar-refractivity contribution is -0.142. The van der Waals surface area contributed by atoms with E-state index in [1.165, 1.54) is 0 Å². The van der Waals surface area contributed by atoms with Gasteiger partial charge in [-0.2, -0.15) is 0 Å². The fourth-order valence-corrected chi connectivity index (χ4v) is 2.65. The normalized spacial score (nSPS) is 21.5. The summed E-state index contributed by atoms with van der Waals surface area (Å²) in [5.41, 5.74) is 1.88. The number of para-hydroxylation sites is 1. The zero-order valence-corrected chi connectivity index (χ0v) is 11.3. The third-order valence-electron chi connectivity index (χ3n) is 3.77. The maximum Gasteiger partial charge on any atom is 0.311 e. The zero-order chi connectivity index (χ0) is 14.8. The van der Waals surface area contributed by atoms with Gasteiger partial charge in [-0.25, -0.2) is 0 Å². The lowest BCUT2D eigenvalue weighted by Gasteiger charge is -2.15. The van der Waals surface area contributed by atoms with E-state index in [1.807, 2.05) is 30.5 Å². The van der Waals surface area contributed by atoms with E-state index in [4.69, 9.17) is 9.84 Å². The summed E-state index contributed by atoms with van der Waals surface area (Å²) in [5, 5.41) is 12.8. The molecule has 1 aliphatic heterocycles. The number of benzene rings is 1. The first-order valence-electron chi connectivity index (χ1n) is 6.80. The van der Waals surface area contributed by atoms with Gasteiger partial charge in [0.05, 0.1) is 25.7 Å². The minimum Gasteiger partial charge on any atom is -0.481 e. The van der Waals surface area contributed by atoms with E-state index in [0.29, 0.717) is 0 Å². The average molecular weight is 288 g/mol. The number of rotatable bonds is 4. The predicted octanol–water partition coefficient (Wildman–Crippen LogP) is 0.926. The Balaban J connectivity index is 1.68. The molecule has 2 unspecified atom stereocenters. The minimum absolute atomic E-state index is 0.146. The number of fused-ring (bicyclic) bond motifs is 1. The third-order valence-corrected chi connectivity index (χ3v) is 3.77. The summed E-state index contributed by atoms with van der Waals surface area (Å²) in [5.74, 6) is -1.80. The largest absolute Gasteiger partial charge is 0.481 e. The van der Waals surface area contributed by atoms with E-state index in [1.54, 1.807) is 0 Å². The van der Waals surface area contributed by atoms with E-state index in [2.05, 4.69) is 10.3 Å². The number of aromatic nitrogens is 1. The van der Waals surface area contributed by atoms with E-state index >= 15 is 0 Å². The highest BCUT2D eigenvalue weighted by atomic mass is 16.5. The number of aromatic amines is 1. The van der Waals surface area contributed by atoms with Crippen LogP contribution in [0.5, 0.6) is 0 Å². The number of hydrogen-bond acceptors (Lipinski definition) is 3. The Morgan fingerprint density at radius 1 is 1.33 bits per heavy atom. The number of H-pyrrole nitrogens is 1. The van der Waals surface area contributed by atoms with Crippen molar-refractivity contribution in [2.75, 3.05) is 13.2 Å². The average Bonchev–Trinajstić information content (AvgIpc) is 3.06. The van der Waals surface area contributed by atoms with Gasteiger partial charge < -0.3 is 20.1 Å². The molecule has 1 saturated heterocycles. The van der Waals surface area contributed by atoms with Crippen LogP contribution in [0.3, 0.4) is 0 Å². The molecule has 3 N–H and O–H groups in total. The fraction of sp³-hybridized carbons (Fsp3) is 0.333. The van der Waals surface area contributed by atoms with Gasteiger partial charge in [-0.05, 0) is 11.6 Å². The topological polar surface area (TPSA) is 91.4 Å². The van der Waals surface area contributed by atoms with Gasteiger partial charge in [0.15, 0.2) is 0 Å².